The highest BCUT2D eigenvalue weighted by molar-refractivity contribution is 7.17. The lowest BCUT2D eigenvalue weighted by atomic mass is 10.1. The Hall–Kier alpha value is -2.58. The Bertz CT molecular complexity index is 842. The summed E-state index contributed by atoms with van der Waals surface area (Å²) in [4.78, 5) is 27.3. The lowest BCUT2D eigenvalue weighted by molar-refractivity contribution is -0.138. The molecule has 1 saturated heterocycles. The van der Waals surface area contributed by atoms with Crippen molar-refractivity contribution < 1.29 is 28.5 Å². The summed E-state index contributed by atoms with van der Waals surface area (Å²) < 4.78 is 21.5. The molecule has 7 nitrogen and oxygen atoms in total. The number of fused-ring (bicyclic) bond motifs is 1. The molecule has 3 heterocycles. The highest BCUT2D eigenvalue weighted by Gasteiger charge is 2.20. The number of nitrogens with zero attached hydrogens (tertiary/aromatic N) is 1. The van der Waals surface area contributed by atoms with E-state index in [-0.39, 0.29) is 12.5 Å². The standard InChI is InChI=1S/C19H19NO6S/c21-18(20-5-7-23-8-6-20)12-26-19(22)17-4-3-16(27-17)13-1-2-14-15(11-13)25-10-9-24-14/h1-4,11H,5-10,12H2. The van der Waals surface area contributed by atoms with Gasteiger partial charge in [0.1, 0.15) is 18.1 Å². The maximum atomic E-state index is 12.3. The first-order valence-electron chi connectivity index (χ1n) is 8.73. The predicted molar refractivity (Wildman–Crippen MR) is 98.4 cm³/mol. The van der Waals surface area contributed by atoms with Crippen LogP contribution in [0.3, 0.4) is 0 Å². The highest BCUT2D eigenvalue weighted by Crippen LogP contribution is 2.37. The lowest BCUT2D eigenvalue weighted by Crippen LogP contribution is -2.42. The number of benzene rings is 1. The number of carbonyl (C=O) groups excluding carboxylic acids is 2. The summed E-state index contributed by atoms with van der Waals surface area (Å²) in [7, 11) is 0. The molecular formula is C19H19NO6S. The van der Waals surface area contributed by atoms with Crippen LogP contribution in [0, 0.1) is 0 Å². The summed E-state index contributed by atoms with van der Waals surface area (Å²) in [5.41, 5.74) is 0.938. The molecule has 0 bridgehead atoms. The molecule has 0 radical (unpaired) electrons. The lowest BCUT2D eigenvalue weighted by Gasteiger charge is -2.26. The number of esters is 1. The number of morpholine rings is 1. The maximum absolute atomic E-state index is 12.3. The molecule has 8 heteroatoms. The average Bonchev–Trinajstić information content (AvgIpc) is 3.22. The van der Waals surface area contributed by atoms with Gasteiger partial charge in [0.15, 0.2) is 18.1 Å². The molecular weight excluding hydrogens is 370 g/mol. The molecule has 0 aliphatic carbocycles. The van der Waals surface area contributed by atoms with Gasteiger partial charge in [-0.1, -0.05) is 0 Å². The summed E-state index contributed by atoms with van der Waals surface area (Å²) in [6, 6.07) is 9.26. The van der Waals surface area contributed by atoms with Crippen molar-refractivity contribution in [3.63, 3.8) is 0 Å². The number of thiophene rings is 1. The van der Waals surface area contributed by atoms with E-state index < -0.39 is 5.97 Å². The van der Waals surface area contributed by atoms with E-state index in [2.05, 4.69) is 0 Å². The zero-order valence-corrected chi connectivity index (χ0v) is 15.5. The largest absolute Gasteiger partial charge is 0.486 e. The second-order valence-corrected chi connectivity index (χ2v) is 7.18. The van der Waals surface area contributed by atoms with E-state index in [0.717, 1.165) is 16.2 Å². The van der Waals surface area contributed by atoms with Gasteiger partial charge in [0.25, 0.3) is 5.91 Å². The fraction of sp³-hybridized carbons (Fsp3) is 0.368. The first kappa shape index (κ1) is 17.8. The molecule has 0 spiro atoms. The molecule has 142 valence electrons. The topological polar surface area (TPSA) is 74.3 Å². The monoisotopic (exact) mass is 389 g/mol. The zero-order valence-electron chi connectivity index (χ0n) is 14.6. The van der Waals surface area contributed by atoms with E-state index in [4.69, 9.17) is 18.9 Å². The van der Waals surface area contributed by atoms with Gasteiger partial charge in [-0.25, -0.2) is 4.79 Å². The van der Waals surface area contributed by atoms with Crippen LogP contribution in [0.1, 0.15) is 9.67 Å². The Morgan fingerprint density at radius 1 is 1.00 bits per heavy atom. The number of amides is 1. The minimum Gasteiger partial charge on any atom is -0.486 e. The smallest absolute Gasteiger partial charge is 0.348 e. The van der Waals surface area contributed by atoms with Crippen molar-refractivity contribution in [2.45, 2.75) is 0 Å². The van der Waals surface area contributed by atoms with Crippen LogP contribution >= 0.6 is 11.3 Å². The third kappa shape index (κ3) is 4.06. The van der Waals surface area contributed by atoms with Gasteiger partial charge in [-0.15, -0.1) is 11.3 Å². The van der Waals surface area contributed by atoms with E-state index in [1.807, 2.05) is 24.3 Å². The summed E-state index contributed by atoms with van der Waals surface area (Å²) in [5.74, 6) is 0.732. The first-order chi connectivity index (χ1) is 13.2. The molecule has 4 rings (SSSR count). The Balaban J connectivity index is 1.38. The number of carbonyl (C=O) groups is 2. The van der Waals surface area contributed by atoms with Crippen molar-refractivity contribution >= 4 is 23.2 Å². The predicted octanol–water partition coefficient (Wildman–Crippen LogP) is 2.20. The molecule has 1 amide bonds. The van der Waals surface area contributed by atoms with Crippen molar-refractivity contribution in [3.8, 4) is 21.9 Å². The molecule has 0 saturated carbocycles. The van der Waals surface area contributed by atoms with Crippen LogP contribution in [0.15, 0.2) is 30.3 Å². The van der Waals surface area contributed by atoms with Gasteiger partial charge >= 0.3 is 5.97 Å². The van der Waals surface area contributed by atoms with Crippen molar-refractivity contribution in [2.24, 2.45) is 0 Å². The van der Waals surface area contributed by atoms with Crippen molar-refractivity contribution in [1.29, 1.82) is 0 Å². The quantitative estimate of drug-likeness (QED) is 0.747. The van der Waals surface area contributed by atoms with Crippen LogP contribution in [0.4, 0.5) is 0 Å². The molecule has 1 aromatic heterocycles. The van der Waals surface area contributed by atoms with E-state index in [9.17, 15) is 9.59 Å². The molecule has 27 heavy (non-hydrogen) atoms. The molecule has 2 aliphatic heterocycles. The van der Waals surface area contributed by atoms with Crippen LogP contribution in [-0.2, 0) is 14.3 Å². The third-order valence-electron chi connectivity index (χ3n) is 4.32. The fourth-order valence-corrected chi connectivity index (χ4v) is 3.80. The summed E-state index contributed by atoms with van der Waals surface area (Å²) in [6.07, 6.45) is 0. The molecule has 1 fully saturated rings. The van der Waals surface area contributed by atoms with E-state index >= 15 is 0 Å². The van der Waals surface area contributed by atoms with Crippen LogP contribution in [-0.4, -0.2) is 62.9 Å². The average molecular weight is 389 g/mol. The van der Waals surface area contributed by atoms with Gasteiger partial charge in [-0.2, -0.15) is 0 Å². The Kier molecular flexibility index (Phi) is 5.26. The van der Waals surface area contributed by atoms with Gasteiger partial charge in [-0.3, -0.25) is 4.79 Å². The summed E-state index contributed by atoms with van der Waals surface area (Å²) in [5, 5.41) is 0. The molecule has 1 aromatic carbocycles. The van der Waals surface area contributed by atoms with E-state index in [1.165, 1.54) is 11.3 Å². The zero-order chi connectivity index (χ0) is 18.6. The van der Waals surface area contributed by atoms with Gasteiger partial charge in [0.2, 0.25) is 0 Å². The van der Waals surface area contributed by atoms with E-state index in [0.29, 0.717) is 50.1 Å². The summed E-state index contributed by atoms with van der Waals surface area (Å²) >= 11 is 1.32. The Labute approximate surface area is 160 Å². The van der Waals surface area contributed by atoms with Crippen molar-refractivity contribution in [3.05, 3.63) is 35.2 Å². The van der Waals surface area contributed by atoms with Gasteiger partial charge < -0.3 is 23.8 Å². The second kappa shape index (κ2) is 7.98. The van der Waals surface area contributed by atoms with Crippen molar-refractivity contribution in [1.82, 2.24) is 4.90 Å². The number of hydrogen-bond donors (Lipinski definition) is 0. The highest BCUT2D eigenvalue weighted by atomic mass is 32.1. The van der Waals surface area contributed by atoms with Gasteiger partial charge in [0, 0.05) is 18.0 Å². The molecule has 0 unspecified atom stereocenters. The molecule has 0 atom stereocenters. The van der Waals surface area contributed by atoms with Crippen LogP contribution < -0.4 is 9.47 Å². The summed E-state index contributed by atoms with van der Waals surface area (Å²) in [6.45, 7) is 2.91. The molecule has 2 aromatic rings. The van der Waals surface area contributed by atoms with Gasteiger partial charge in [-0.05, 0) is 35.9 Å². The van der Waals surface area contributed by atoms with Crippen LogP contribution in [0.5, 0.6) is 11.5 Å². The third-order valence-corrected chi connectivity index (χ3v) is 5.44. The first-order valence-corrected chi connectivity index (χ1v) is 9.55. The van der Waals surface area contributed by atoms with Crippen LogP contribution in [0.2, 0.25) is 0 Å². The van der Waals surface area contributed by atoms with Crippen LogP contribution in [0.25, 0.3) is 10.4 Å². The fourth-order valence-electron chi connectivity index (χ4n) is 2.90. The SMILES string of the molecule is O=C(OCC(=O)N1CCOCC1)c1ccc(-c2ccc3c(c2)OCCO3)s1. The maximum Gasteiger partial charge on any atom is 0.348 e. The number of ether oxygens (including phenoxy) is 4. The second-order valence-electron chi connectivity index (χ2n) is 6.09. The molecule has 2 aliphatic rings. The van der Waals surface area contributed by atoms with Crippen molar-refractivity contribution in [2.75, 3.05) is 46.1 Å². The Morgan fingerprint density at radius 2 is 1.78 bits per heavy atom. The van der Waals surface area contributed by atoms with Gasteiger partial charge in [0.05, 0.1) is 13.2 Å². The number of rotatable bonds is 4. The minimum atomic E-state index is -0.495. The minimum absolute atomic E-state index is 0.199. The normalized spacial score (nSPS) is 16.1. The molecule has 0 N–H and O–H groups in total. The number of hydrogen-bond acceptors (Lipinski definition) is 7. The Morgan fingerprint density at radius 3 is 2.59 bits per heavy atom. The van der Waals surface area contributed by atoms with E-state index in [1.54, 1.807) is 11.0 Å².